The Morgan fingerprint density at radius 3 is 3.00 bits per heavy atom. The minimum atomic E-state index is 0.485. The molecule has 1 aromatic carbocycles. The van der Waals surface area contributed by atoms with E-state index in [1.807, 2.05) is 12.1 Å². The predicted molar refractivity (Wildman–Crippen MR) is 98.0 cm³/mol. The molecule has 2 aliphatic heterocycles. The van der Waals surface area contributed by atoms with E-state index in [4.69, 9.17) is 4.74 Å². The standard InChI is InChI=1S/C19H25N5O/c1-23-7-8-24(2)15(11-23)10-20-19-16-9-14-5-3-4-6-18(14)25-12-17(16)21-13-22-19/h3-6,13,15H,7-12H2,1-2H3,(H,20,21,22)/t15-/m0/s1. The van der Waals surface area contributed by atoms with Crippen molar-refractivity contribution in [1.82, 2.24) is 19.8 Å². The highest BCUT2D eigenvalue weighted by molar-refractivity contribution is 5.51. The number of nitrogens with one attached hydrogen (secondary N) is 1. The second-order valence-electron chi connectivity index (χ2n) is 7.00. The van der Waals surface area contributed by atoms with Crippen molar-refractivity contribution >= 4 is 5.82 Å². The number of hydrogen-bond donors (Lipinski definition) is 1. The summed E-state index contributed by atoms with van der Waals surface area (Å²) in [6.07, 6.45) is 2.44. The van der Waals surface area contributed by atoms with Gasteiger partial charge in [0.1, 0.15) is 24.5 Å². The molecule has 0 unspecified atom stereocenters. The van der Waals surface area contributed by atoms with Crippen molar-refractivity contribution in [3.05, 3.63) is 47.4 Å². The summed E-state index contributed by atoms with van der Waals surface area (Å²) < 4.78 is 5.92. The normalized spacial score (nSPS) is 21.0. The highest BCUT2D eigenvalue weighted by Gasteiger charge is 2.23. The molecule has 1 atom stereocenters. The van der Waals surface area contributed by atoms with Gasteiger partial charge in [-0.3, -0.25) is 4.90 Å². The SMILES string of the molecule is CN1CCN(C)[C@@H](CNc2ncnc3c2Cc2ccccc2OC3)C1. The van der Waals surface area contributed by atoms with Crippen LogP contribution in [0.2, 0.25) is 0 Å². The Morgan fingerprint density at radius 1 is 1.20 bits per heavy atom. The molecule has 2 aromatic rings. The van der Waals surface area contributed by atoms with Gasteiger partial charge in [0.25, 0.3) is 0 Å². The van der Waals surface area contributed by atoms with Gasteiger partial charge in [-0.15, -0.1) is 0 Å². The van der Waals surface area contributed by atoms with E-state index in [1.54, 1.807) is 6.33 Å². The highest BCUT2D eigenvalue weighted by Crippen LogP contribution is 2.30. The molecule has 0 aliphatic carbocycles. The van der Waals surface area contributed by atoms with Gasteiger partial charge in [0.2, 0.25) is 0 Å². The predicted octanol–water partition coefficient (Wildman–Crippen LogP) is 1.62. The number of ether oxygens (including phenoxy) is 1. The number of benzene rings is 1. The van der Waals surface area contributed by atoms with Gasteiger partial charge in [0, 0.05) is 44.2 Å². The molecule has 0 saturated carbocycles. The van der Waals surface area contributed by atoms with E-state index in [-0.39, 0.29) is 0 Å². The number of likely N-dealkylation sites (N-methyl/N-ethyl adjacent to an activating group) is 2. The van der Waals surface area contributed by atoms with E-state index in [2.05, 4.69) is 51.3 Å². The molecule has 1 N–H and O–H groups in total. The molecule has 2 aliphatic rings. The first-order valence-electron chi connectivity index (χ1n) is 8.87. The number of aromatic nitrogens is 2. The van der Waals surface area contributed by atoms with Gasteiger partial charge in [-0.1, -0.05) is 18.2 Å². The number of piperazine rings is 1. The molecule has 6 heteroatoms. The van der Waals surface area contributed by atoms with Gasteiger partial charge in [-0.2, -0.15) is 0 Å². The minimum absolute atomic E-state index is 0.485. The van der Waals surface area contributed by atoms with Crippen LogP contribution >= 0.6 is 0 Å². The van der Waals surface area contributed by atoms with Gasteiger partial charge in [0.05, 0.1) is 5.69 Å². The Morgan fingerprint density at radius 2 is 2.08 bits per heavy atom. The molecule has 1 saturated heterocycles. The van der Waals surface area contributed by atoms with Crippen molar-refractivity contribution in [2.75, 3.05) is 45.6 Å². The van der Waals surface area contributed by atoms with E-state index in [0.29, 0.717) is 12.6 Å². The van der Waals surface area contributed by atoms with Crippen molar-refractivity contribution in [3.8, 4) is 5.75 Å². The molecular formula is C19H25N5O. The summed E-state index contributed by atoms with van der Waals surface area (Å²) in [7, 11) is 4.38. The number of hydrogen-bond acceptors (Lipinski definition) is 6. The van der Waals surface area contributed by atoms with E-state index in [9.17, 15) is 0 Å². The van der Waals surface area contributed by atoms with Gasteiger partial charge >= 0.3 is 0 Å². The maximum absolute atomic E-state index is 5.92. The molecule has 132 valence electrons. The first-order valence-corrected chi connectivity index (χ1v) is 8.87. The molecule has 25 heavy (non-hydrogen) atoms. The van der Waals surface area contributed by atoms with Crippen LogP contribution in [0, 0.1) is 0 Å². The van der Waals surface area contributed by atoms with E-state index in [0.717, 1.165) is 55.4 Å². The summed E-state index contributed by atoms with van der Waals surface area (Å²) in [6.45, 7) is 4.68. The maximum atomic E-state index is 5.92. The fourth-order valence-electron chi connectivity index (χ4n) is 3.57. The van der Waals surface area contributed by atoms with Crippen molar-refractivity contribution < 1.29 is 4.74 Å². The fourth-order valence-corrected chi connectivity index (χ4v) is 3.57. The van der Waals surface area contributed by atoms with Crippen LogP contribution in [0.25, 0.3) is 0 Å². The van der Waals surface area contributed by atoms with Gasteiger partial charge < -0.3 is 15.0 Å². The topological polar surface area (TPSA) is 53.5 Å². The third kappa shape index (κ3) is 3.45. The highest BCUT2D eigenvalue weighted by atomic mass is 16.5. The Kier molecular flexibility index (Phi) is 4.55. The smallest absolute Gasteiger partial charge is 0.133 e. The van der Waals surface area contributed by atoms with Crippen LogP contribution in [-0.4, -0.2) is 66.1 Å². The molecule has 0 amide bonds. The van der Waals surface area contributed by atoms with Crippen LogP contribution in [0.3, 0.4) is 0 Å². The molecule has 4 rings (SSSR count). The van der Waals surface area contributed by atoms with Crippen molar-refractivity contribution in [2.45, 2.75) is 19.1 Å². The van der Waals surface area contributed by atoms with Crippen molar-refractivity contribution in [3.63, 3.8) is 0 Å². The zero-order chi connectivity index (χ0) is 17.2. The molecule has 0 spiro atoms. The minimum Gasteiger partial charge on any atom is -0.487 e. The Bertz CT molecular complexity index is 750. The van der Waals surface area contributed by atoms with Gasteiger partial charge in [-0.05, 0) is 25.7 Å². The van der Waals surface area contributed by atoms with Gasteiger partial charge in [0.15, 0.2) is 0 Å². The van der Waals surface area contributed by atoms with Crippen LogP contribution in [-0.2, 0) is 13.0 Å². The average molecular weight is 339 g/mol. The van der Waals surface area contributed by atoms with Crippen molar-refractivity contribution in [2.24, 2.45) is 0 Å². The van der Waals surface area contributed by atoms with E-state index >= 15 is 0 Å². The molecule has 1 aromatic heterocycles. The van der Waals surface area contributed by atoms with Gasteiger partial charge in [-0.25, -0.2) is 9.97 Å². The van der Waals surface area contributed by atoms with Crippen LogP contribution in [0.5, 0.6) is 5.75 Å². The average Bonchev–Trinajstić information content (AvgIpc) is 2.82. The zero-order valence-electron chi connectivity index (χ0n) is 14.9. The Labute approximate surface area is 148 Å². The lowest BCUT2D eigenvalue weighted by molar-refractivity contribution is 0.122. The molecule has 0 bridgehead atoms. The summed E-state index contributed by atoms with van der Waals surface area (Å²) in [4.78, 5) is 13.8. The quantitative estimate of drug-likeness (QED) is 0.917. The molecule has 3 heterocycles. The number of nitrogens with zero attached hydrogens (tertiary/aromatic N) is 4. The lowest BCUT2D eigenvalue weighted by atomic mass is 10.0. The lowest BCUT2D eigenvalue weighted by Crippen LogP contribution is -2.52. The molecular weight excluding hydrogens is 314 g/mol. The summed E-state index contributed by atoms with van der Waals surface area (Å²) >= 11 is 0. The van der Waals surface area contributed by atoms with E-state index in [1.165, 1.54) is 5.56 Å². The summed E-state index contributed by atoms with van der Waals surface area (Å²) in [5.41, 5.74) is 3.32. The van der Waals surface area contributed by atoms with Crippen LogP contribution in [0.1, 0.15) is 16.8 Å². The third-order valence-corrected chi connectivity index (χ3v) is 5.22. The number of para-hydroxylation sites is 1. The van der Waals surface area contributed by atoms with E-state index < -0.39 is 0 Å². The third-order valence-electron chi connectivity index (χ3n) is 5.22. The molecule has 0 radical (unpaired) electrons. The number of rotatable bonds is 3. The molecule has 1 fully saturated rings. The number of fused-ring (bicyclic) bond motifs is 2. The first-order chi connectivity index (χ1) is 12.2. The maximum Gasteiger partial charge on any atom is 0.133 e. The zero-order valence-corrected chi connectivity index (χ0v) is 14.9. The Balaban J connectivity index is 1.54. The van der Waals surface area contributed by atoms with Crippen LogP contribution < -0.4 is 10.1 Å². The summed E-state index contributed by atoms with van der Waals surface area (Å²) in [6, 6.07) is 8.68. The lowest BCUT2D eigenvalue weighted by Gasteiger charge is -2.37. The fraction of sp³-hybridized carbons (Fsp3) is 0.474. The van der Waals surface area contributed by atoms with Crippen LogP contribution in [0.15, 0.2) is 30.6 Å². The Hall–Kier alpha value is -2.18. The second kappa shape index (κ2) is 6.98. The second-order valence-corrected chi connectivity index (χ2v) is 7.00. The first kappa shape index (κ1) is 16.3. The summed E-state index contributed by atoms with van der Waals surface area (Å²) in [5.74, 6) is 1.88. The number of anilines is 1. The molecule has 6 nitrogen and oxygen atoms in total. The van der Waals surface area contributed by atoms with Crippen LogP contribution in [0.4, 0.5) is 5.82 Å². The monoisotopic (exact) mass is 339 g/mol. The summed E-state index contributed by atoms with van der Waals surface area (Å²) in [5, 5.41) is 3.58. The van der Waals surface area contributed by atoms with Crippen molar-refractivity contribution in [1.29, 1.82) is 0 Å². The largest absolute Gasteiger partial charge is 0.487 e.